The van der Waals surface area contributed by atoms with Crippen molar-refractivity contribution in [1.29, 1.82) is 0 Å². The fraction of sp³-hybridized carbons (Fsp3) is 0.200. The van der Waals surface area contributed by atoms with Crippen LogP contribution >= 0.6 is 11.8 Å². The van der Waals surface area contributed by atoms with Crippen molar-refractivity contribution in [2.75, 3.05) is 10.5 Å². The molecule has 3 nitrogen and oxygen atoms in total. The minimum atomic E-state index is -3.72. The lowest BCUT2D eigenvalue weighted by Crippen LogP contribution is -2.14. The quantitative estimate of drug-likeness (QED) is 0.844. The molecule has 0 aromatic heterocycles. The highest BCUT2D eigenvalue weighted by atomic mass is 32.2. The largest absolute Gasteiger partial charge is 0.278 e. The fourth-order valence-electron chi connectivity index (χ4n) is 1.82. The summed E-state index contributed by atoms with van der Waals surface area (Å²) < 4.78 is 40.6. The molecule has 0 heterocycles. The average Bonchev–Trinajstić information content (AvgIpc) is 2.44. The van der Waals surface area contributed by atoms with Crippen LogP contribution in [0.5, 0.6) is 0 Å². The van der Waals surface area contributed by atoms with E-state index in [0.717, 1.165) is 16.7 Å². The maximum atomic E-state index is 13.3. The second kappa shape index (κ2) is 6.49. The molecule has 0 saturated carbocycles. The molecule has 0 atom stereocenters. The Hall–Kier alpha value is -1.53. The summed E-state index contributed by atoms with van der Waals surface area (Å²) >= 11 is 1.56. The second-order valence-electron chi connectivity index (χ2n) is 4.45. The maximum Gasteiger partial charge on any atom is 0.261 e. The number of para-hydroxylation sites is 1. The number of nitrogens with one attached hydrogen (secondary N) is 1. The van der Waals surface area contributed by atoms with Crippen LogP contribution < -0.4 is 4.72 Å². The fourth-order valence-corrected chi connectivity index (χ4v) is 3.81. The van der Waals surface area contributed by atoms with Gasteiger partial charge in [0.25, 0.3) is 10.0 Å². The molecule has 21 heavy (non-hydrogen) atoms. The summed E-state index contributed by atoms with van der Waals surface area (Å²) in [7, 11) is -3.72. The zero-order chi connectivity index (χ0) is 15.5. The standard InChI is InChI=1S/C15H16FNO2S2/c1-3-20-15-7-5-4-6-14(15)17-21(18,19)12-8-9-13(16)11(2)10-12/h4-10,17H,3H2,1-2H3. The highest BCUT2D eigenvalue weighted by Crippen LogP contribution is 2.28. The molecule has 0 radical (unpaired) electrons. The van der Waals surface area contributed by atoms with Gasteiger partial charge in [-0.25, -0.2) is 12.8 Å². The van der Waals surface area contributed by atoms with Gasteiger partial charge in [-0.2, -0.15) is 0 Å². The number of aryl methyl sites for hydroxylation is 1. The Morgan fingerprint density at radius 3 is 2.57 bits per heavy atom. The van der Waals surface area contributed by atoms with Crippen molar-refractivity contribution in [2.24, 2.45) is 0 Å². The Bertz CT molecular complexity index is 745. The molecule has 112 valence electrons. The van der Waals surface area contributed by atoms with Crippen molar-refractivity contribution >= 4 is 27.5 Å². The third kappa shape index (κ3) is 3.77. The summed E-state index contributed by atoms with van der Waals surface area (Å²) in [5.74, 6) is 0.421. The molecule has 1 N–H and O–H groups in total. The van der Waals surface area contributed by atoms with Crippen LogP contribution in [0.2, 0.25) is 0 Å². The number of hydrogen-bond donors (Lipinski definition) is 1. The number of thioether (sulfide) groups is 1. The SMILES string of the molecule is CCSc1ccccc1NS(=O)(=O)c1ccc(F)c(C)c1. The van der Waals surface area contributed by atoms with E-state index in [4.69, 9.17) is 0 Å². The van der Waals surface area contributed by atoms with Gasteiger partial charge in [-0.15, -0.1) is 11.8 Å². The van der Waals surface area contributed by atoms with E-state index >= 15 is 0 Å². The van der Waals surface area contributed by atoms with Crippen molar-refractivity contribution in [3.8, 4) is 0 Å². The van der Waals surface area contributed by atoms with E-state index in [1.54, 1.807) is 23.9 Å². The topological polar surface area (TPSA) is 46.2 Å². The van der Waals surface area contributed by atoms with Crippen LogP contribution in [-0.2, 0) is 10.0 Å². The van der Waals surface area contributed by atoms with Gasteiger partial charge in [0, 0.05) is 4.90 Å². The molecule has 2 rings (SSSR count). The van der Waals surface area contributed by atoms with Gasteiger partial charge in [-0.05, 0) is 48.6 Å². The van der Waals surface area contributed by atoms with E-state index in [1.165, 1.54) is 19.1 Å². The summed E-state index contributed by atoms with van der Waals surface area (Å²) in [4.78, 5) is 0.917. The lowest BCUT2D eigenvalue weighted by Gasteiger charge is -2.12. The Balaban J connectivity index is 2.35. The second-order valence-corrected chi connectivity index (χ2v) is 7.43. The van der Waals surface area contributed by atoms with Crippen molar-refractivity contribution in [2.45, 2.75) is 23.6 Å². The first-order valence-electron chi connectivity index (χ1n) is 6.45. The zero-order valence-corrected chi connectivity index (χ0v) is 13.4. The van der Waals surface area contributed by atoms with Crippen LogP contribution in [0.15, 0.2) is 52.3 Å². The normalized spacial score (nSPS) is 11.4. The molecule has 2 aromatic rings. The molecule has 0 aliphatic heterocycles. The summed E-state index contributed by atoms with van der Waals surface area (Å²) in [6.45, 7) is 3.54. The summed E-state index contributed by atoms with van der Waals surface area (Å²) in [5, 5.41) is 0. The number of anilines is 1. The number of sulfonamides is 1. The molecule has 0 aliphatic carbocycles. The van der Waals surface area contributed by atoms with Crippen molar-refractivity contribution < 1.29 is 12.8 Å². The predicted molar refractivity (Wildman–Crippen MR) is 84.8 cm³/mol. The van der Waals surface area contributed by atoms with Crippen molar-refractivity contribution in [3.63, 3.8) is 0 Å². The average molecular weight is 325 g/mol. The molecule has 0 unspecified atom stereocenters. The van der Waals surface area contributed by atoms with Crippen molar-refractivity contribution in [1.82, 2.24) is 0 Å². The van der Waals surface area contributed by atoms with Gasteiger partial charge in [0.15, 0.2) is 0 Å². The van der Waals surface area contributed by atoms with Crippen molar-refractivity contribution in [3.05, 3.63) is 53.8 Å². The predicted octanol–water partition coefficient (Wildman–Crippen LogP) is 4.05. The first kappa shape index (κ1) is 15.9. The van der Waals surface area contributed by atoms with Gasteiger partial charge >= 0.3 is 0 Å². The number of rotatable bonds is 5. The maximum absolute atomic E-state index is 13.3. The Kier molecular flexibility index (Phi) is 4.90. The number of hydrogen-bond acceptors (Lipinski definition) is 3. The number of halogens is 1. The first-order valence-corrected chi connectivity index (χ1v) is 8.91. The van der Waals surface area contributed by atoms with Crippen LogP contribution in [0.25, 0.3) is 0 Å². The highest BCUT2D eigenvalue weighted by molar-refractivity contribution is 7.99. The molecule has 0 spiro atoms. The lowest BCUT2D eigenvalue weighted by atomic mass is 10.2. The third-order valence-corrected chi connectivity index (χ3v) is 5.19. The summed E-state index contributed by atoms with van der Waals surface area (Å²) in [5.41, 5.74) is 0.834. The minimum absolute atomic E-state index is 0.0534. The number of benzene rings is 2. The zero-order valence-electron chi connectivity index (χ0n) is 11.8. The first-order chi connectivity index (χ1) is 9.94. The van der Waals surface area contributed by atoms with E-state index in [1.807, 2.05) is 19.1 Å². The lowest BCUT2D eigenvalue weighted by molar-refractivity contribution is 0.598. The monoisotopic (exact) mass is 325 g/mol. The Labute approximate surface area is 128 Å². The summed E-state index contributed by atoms with van der Waals surface area (Å²) in [6.07, 6.45) is 0. The van der Waals surface area contributed by atoms with Gasteiger partial charge in [0.2, 0.25) is 0 Å². The molecule has 0 amide bonds. The van der Waals surface area contributed by atoms with Gasteiger partial charge in [0.05, 0.1) is 10.6 Å². The Morgan fingerprint density at radius 2 is 1.90 bits per heavy atom. The van der Waals surface area contributed by atoms with E-state index < -0.39 is 15.8 Å². The van der Waals surface area contributed by atoms with Gasteiger partial charge < -0.3 is 0 Å². The van der Waals surface area contributed by atoms with Crippen LogP contribution in [0, 0.1) is 12.7 Å². The molecule has 0 fully saturated rings. The Morgan fingerprint density at radius 1 is 1.19 bits per heavy atom. The minimum Gasteiger partial charge on any atom is -0.278 e. The van der Waals surface area contributed by atoms with Gasteiger partial charge in [-0.3, -0.25) is 4.72 Å². The summed E-state index contributed by atoms with van der Waals surface area (Å²) in [6, 6.07) is 11.0. The molecule has 0 saturated heterocycles. The molecule has 6 heteroatoms. The van der Waals surface area contributed by atoms with Gasteiger partial charge in [0.1, 0.15) is 5.82 Å². The molecular weight excluding hydrogens is 309 g/mol. The molecule has 0 aliphatic rings. The highest BCUT2D eigenvalue weighted by Gasteiger charge is 2.17. The van der Waals surface area contributed by atoms with E-state index in [0.29, 0.717) is 11.3 Å². The van der Waals surface area contributed by atoms with E-state index in [9.17, 15) is 12.8 Å². The van der Waals surface area contributed by atoms with E-state index in [2.05, 4.69) is 4.72 Å². The van der Waals surface area contributed by atoms with Crippen LogP contribution in [0.4, 0.5) is 10.1 Å². The smallest absolute Gasteiger partial charge is 0.261 e. The van der Waals surface area contributed by atoms with Crippen LogP contribution in [0.1, 0.15) is 12.5 Å². The molecular formula is C15H16FNO2S2. The van der Waals surface area contributed by atoms with E-state index in [-0.39, 0.29) is 4.90 Å². The van der Waals surface area contributed by atoms with Crippen LogP contribution in [-0.4, -0.2) is 14.2 Å². The third-order valence-electron chi connectivity index (χ3n) is 2.87. The molecule has 0 bridgehead atoms. The molecule has 2 aromatic carbocycles. The van der Waals surface area contributed by atoms with Crippen LogP contribution in [0.3, 0.4) is 0 Å². The van der Waals surface area contributed by atoms with Gasteiger partial charge in [-0.1, -0.05) is 19.1 Å².